The third-order valence-corrected chi connectivity index (χ3v) is 4.20. The first-order valence-electron chi connectivity index (χ1n) is 6.82. The fourth-order valence-electron chi connectivity index (χ4n) is 2.56. The van der Waals surface area contributed by atoms with E-state index in [0.29, 0.717) is 12.3 Å². The summed E-state index contributed by atoms with van der Waals surface area (Å²) in [6.07, 6.45) is 1.26. The molecule has 0 aromatic carbocycles. The van der Waals surface area contributed by atoms with Gasteiger partial charge in [-0.3, -0.25) is 9.69 Å². The molecular formula is C15H17NO4S. The molecule has 1 aliphatic heterocycles. The molecule has 1 aliphatic rings. The van der Waals surface area contributed by atoms with Crippen LogP contribution in [-0.4, -0.2) is 29.2 Å². The average molecular weight is 307 g/mol. The molecule has 1 saturated heterocycles. The minimum Gasteiger partial charge on any atom is -0.502 e. The Morgan fingerprint density at radius 2 is 2.33 bits per heavy atom. The SMILES string of the molecule is C[C@H]1CN(Cc2cc(=O)c(O)co2)C[C@H](c2ccsc2)O1. The fourth-order valence-corrected chi connectivity index (χ4v) is 3.26. The molecule has 112 valence electrons. The first-order chi connectivity index (χ1) is 10.1. The quantitative estimate of drug-likeness (QED) is 0.943. The van der Waals surface area contributed by atoms with Crippen LogP contribution in [0.3, 0.4) is 0 Å². The highest BCUT2D eigenvalue weighted by Crippen LogP contribution is 2.27. The van der Waals surface area contributed by atoms with Gasteiger partial charge >= 0.3 is 0 Å². The molecule has 2 aromatic heterocycles. The van der Waals surface area contributed by atoms with Crippen LogP contribution in [0.15, 0.2) is 38.4 Å². The second-order valence-corrected chi connectivity index (χ2v) is 6.06. The molecule has 1 N–H and O–H groups in total. The Kier molecular flexibility index (Phi) is 4.10. The normalized spacial score (nSPS) is 23.3. The summed E-state index contributed by atoms with van der Waals surface area (Å²) in [5, 5.41) is 13.4. The van der Waals surface area contributed by atoms with E-state index in [2.05, 4.69) is 16.3 Å². The van der Waals surface area contributed by atoms with E-state index in [1.807, 2.05) is 12.3 Å². The molecule has 0 bridgehead atoms. The van der Waals surface area contributed by atoms with Crippen LogP contribution >= 0.6 is 11.3 Å². The number of hydrogen-bond donors (Lipinski definition) is 1. The molecule has 0 spiro atoms. The summed E-state index contributed by atoms with van der Waals surface area (Å²) >= 11 is 1.66. The van der Waals surface area contributed by atoms with Gasteiger partial charge in [-0.2, -0.15) is 11.3 Å². The zero-order valence-electron chi connectivity index (χ0n) is 11.7. The zero-order chi connectivity index (χ0) is 14.8. The smallest absolute Gasteiger partial charge is 0.226 e. The van der Waals surface area contributed by atoms with Crippen molar-refractivity contribution in [3.63, 3.8) is 0 Å². The van der Waals surface area contributed by atoms with Gasteiger partial charge in [-0.25, -0.2) is 0 Å². The van der Waals surface area contributed by atoms with Crippen molar-refractivity contribution < 1.29 is 14.3 Å². The number of aromatic hydroxyl groups is 1. The molecule has 2 aromatic rings. The maximum absolute atomic E-state index is 11.4. The number of nitrogens with zero attached hydrogens (tertiary/aromatic N) is 1. The monoisotopic (exact) mass is 307 g/mol. The van der Waals surface area contributed by atoms with E-state index in [1.54, 1.807) is 11.3 Å². The van der Waals surface area contributed by atoms with E-state index in [0.717, 1.165) is 19.4 Å². The predicted octanol–water partition coefficient (Wildman–Crippen LogP) is 2.37. The maximum atomic E-state index is 11.4. The average Bonchev–Trinajstić information content (AvgIpc) is 2.96. The third-order valence-electron chi connectivity index (χ3n) is 3.50. The fraction of sp³-hybridized carbons (Fsp3) is 0.400. The van der Waals surface area contributed by atoms with E-state index in [4.69, 9.17) is 9.15 Å². The third kappa shape index (κ3) is 3.34. The summed E-state index contributed by atoms with van der Waals surface area (Å²) in [6, 6.07) is 3.42. The molecule has 3 heterocycles. The summed E-state index contributed by atoms with van der Waals surface area (Å²) in [7, 11) is 0. The van der Waals surface area contributed by atoms with Crippen molar-refractivity contribution in [1.82, 2.24) is 4.90 Å². The lowest BCUT2D eigenvalue weighted by atomic mass is 10.1. The van der Waals surface area contributed by atoms with Crippen molar-refractivity contribution >= 4 is 11.3 Å². The Hall–Kier alpha value is -1.63. The van der Waals surface area contributed by atoms with Gasteiger partial charge in [0.15, 0.2) is 5.75 Å². The van der Waals surface area contributed by atoms with E-state index in [9.17, 15) is 9.90 Å². The van der Waals surface area contributed by atoms with E-state index in [1.165, 1.54) is 11.6 Å². The lowest BCUT2D eigenvalue weighted by Gasteiger charge is -2.36. The van der Waals surface area contributed by atoms with Gasteiger partial charge in [0, 0.05) is 19.2 Å². The highest BCUT2D eigenvalue weighted by molar-refractivity contribution is 7.07. The lowest BCUT2D eigenvalue weighted by Crippen LogP contribution is -2.42. The van der Waals surface area contributed by atoms with Crippen molar-refractivity contribution in [2.45, 2.75) is 25.7 Å². The second-order valence-electron chi connectivity index (χ2n) is 5.28. The van der Waals surface area contributed by atoms with Gasteiger partial charge in [0.1, 0.15) is 12.0 Å². The van der Waals surface area contributed by atoms with Crippen LogP contribution in [0.2, 0.25) is 0 Å². The lowest BCUT2D eigenvalue weighted by molar-refractivity contribution is -0.0826. The Balaban J connectivity index is 1.72. The largest absolute Gasteiger partial charge is 0.502 e. The Morgan fingerprint density at radius 1 is 1.48 bits per heavy atom. The first-order valence-corrected chi connectivity index (χ1v) is 7.76. The molecule has 0 amide bonds. The first kappa shape index (κ1) is 14.3. The molecule has 0 radical (unpaired) electrons. The standard InChI is InChI=1S/C15H17NO4S/c1-10-5-16(6-12-4-13(17)14(18)8-19-12)7-15(20-10)11-2-3-21-9-11/h2-4,8-10,15,18H,5-7H2,1H3/t10-,15+/m0/s1. The molecule has 5 nitrogen and oxygen atoms in total. The Morgan fingerprint density at radius 3 is 3.05 bits per heavy atom. The topological polar surface area (TPSA) is 62.9 Å². The highest BCUT2D eigenvalue weighted by Gasteiger charge is 2.27. The van der Waals surface area contributed by atoms with Crippen molar-refractivity contribution in [3.8, 4) is 5.75 Å². The van der Waals surface area contributed by atoms with Crippen LogP contribution in [0.25, 0.3) is 0 Å². The van der Waals surface area contributed by atoms with Gasteiger partial charge in [-0.15, -0.1) is 0 Å². The Bertz CT molecular complexity index is 652. The number of morpholine rings is 1. The van der Waals surface area contributed by atoms with Gasteiger partial charge < -0.3 is 14.3 Å². The predicted molar refractivity (Wildman–Crippen MR) is 79.5 cm³/mol. The number of thiophene rings is 1. The number of rotatable bonds is 3. The summed E-state index contributed by atoms with van der Waals surface area (Å²) in [6.45, 7) is 4.11. The molecule has 0 saturated carbocycles. The van der Waals surface area contributed by atoms with Gasteiger partial charge in [0.05, 0.1) is 18.8 Å². The molecule has 6 heteroatoms. The number of hydrogen-bond acceptors (Lipinski definition) is 6. The zero-order valence-corrected chi connectivity index (χ0v) is 12.5. The van der Waals surface area contributed by atoms with Crippen LogP contribution in [0, 0.1) is 0 Å². The van der Waals surface area contributed by atoms with Crippen LogP contribution in [0.1, 0.15) is 24.4 Å². The summed E-state index contributed by atoms with van der Waals surface area (Å²) in [5.74, 6) is 0.196. The molecule has 0 aliphatic carbocycles. The summed E-state index contributed by atoms with van der Waals surface area (Å²) < 4.78 is 11.2. The van der Waals surface area contributed by atoms with Crippen LogP contribution in [-0.2, 0) is 11.3 Å². The van der Waals surface area contributed by atoms with Crippen LogP contribution < -0.4 is 5.43 Å². The molecule has 21 heavy (non-hydrogen) atoms. The minimum atomic E-state index is -0.410. The molecule has 1 fully saturated rings. The van der Waals surface area contributed by atoms with Crippen molar-refractivity contribution in [1.29, 1.82) is 0 Å². The van der Waals surface area contributed by atoms with Crippen molar-refractivity contribution in [3.05, 3.63) is 50.7 Å². The van der Waals surface area contributed by atoms with E-state index in [-0.39, 0.29) is 18.0 Å². The molecule has 3 rings (SSSR count). The van der Waals surface area contributed by atoms with Crippen molar-refractivity contribution in [2.75, 3.05) is 13.1 Å². The van der Waals surface area contributed by atoms with E-state index >= 15 is 0 Å². The van der Waals surface area contributed by atoms with Gasteiger partial charge in [0.2, 0.25) is 5.43 Å². The molecule has 0 unspecified atom stereocenters. The van der Waals surface area contributed by atoms with E-state index < -0.39 is 5.43 Å². The van der Waals surface area contributed by atoms with Crippen molar-refractivity contribution in [2.24, 2.45) is 0 Å². The molecule has 2 atom stereocenters. The highest BCUT2D eigenvalue weighted by atomic mass is 32.1. The Labute approximate surface area is 126 Å². The molecular weight excluding hydrogens is 290 g/mol. The van der Waals surface area contributed by atoms with Crippen LogP contribution in [0.4, 0.5) is 0 Å². The second kappa shape index (κ2) is 6.01. The van der Waals surface area contributed by atoms with Gasteiger partial charge in [-0.1, -0.05) is 0 Å². The number of ether oxygens (including phenoxy) is 1. The maximum Gasteiger partial charge on any atom is 0.226 e. The van der Waals surface area contributed by atoms with Gasteiger partial charge in [-0.05, 0) is 29.3 Å². The summed E-state index contributed by atoms with van der Waals surface area (Å²) in [5.41, 5.74) is 0.774. The summed E-state index contributed by atoms with van der Waals surface area (Å²) in [4.78, 5) is 13.6. The van der Waals surface area contributed by atoms with Crippen LogP contribution in [0.5, 0.6) is 5.75 Å². The van der Waals surface area contributed by atoms with Gasteiger partial charge in [0.25, 0.3) is 0 Å². The minimum absolute atomic E-state index is 0.0452.